The molecule has 14 heavy (non-hydrogen) atoms. The molecule has 0 saturated carbocycles. The summed E-state index contributed by atoms with van der Waals surface area (Å²) in [7, 11) is 2.19. The fourth-order valence-corrected chi connectivity index (χ4v) is 2.77. The Morgan fingerprint density at radius 1 is 1.57 bits per heavy atom. The monoisotopic (exact) mass is 210 g/mol. The Balaban J connectivity index is 1.77. The van der Waals surface area contributed by atoms with Gasteiger partial charge in [-0.15, -0.1) is 11.3 Å². The average molecular weight is 210 g/mol. The topological polar surface area (TPSA) is 15.3 Å². The standard InChI is InChI=1S/C11H18N2S/c1-9-3-4-11(14-9)7-12-10-5-6-13(2)8-10/h3-4,10,12H,5-8H2,1-2H3. The molecule has 1 saturated heterocycles. The van der Waals surface area contributed by atoms with Crippen LogP contribution in [0, 0.1) is 6.92 Å². The van der Waals surface area contributed by atoms with Crippen LogP contribution in [0.15, 0.2) is 12.1 Å². The molecule has 1 aliphatic rings. The van der Waals surface area contributed by atoms with Gasteiger partial charge in [0.1, 0.15) is 0 Å². The first-order valence-electron chi connectivity index (χ1n) is 5.21. The number of likely N-dealkylation sites (N-methyl/N-ethyl adjacent to an activating group) is 1. The predicted molar refractivity (Wildman–Crippen MR) is 61.8 cm³/mol. The Labute approximate surface area is 89.9 Å². The predicted octanol–water partition coefficient (Wildman–Crippen LogP) is 1.85. The summed E-state index contributed by atoms with van der Waals surface area (Å²) in [5, 5.41) is 3.61. The van der Waals surface area contributed by atoms with E-state index in [0.717, 1.165) is 6.54 Å². The molecule has 0 amide bonds. The molecule has 0 bridgehead atoms. The van der Waals surface area contributed by atoms with E-state index in [4.69, 9.17) is 0 Å². The largest absolute Gasteiger partial charge is 0.308 e. The molecule has 1 unspecified atom stereocenters. The van der Waals surface area contributed by atoms with E-state index in [1.54, 1.807) is 0 Å². The van der Waals surface area contributed by atoms with E-state index in [9.17, 15) is 0 Å². The molecule has 3 heteroatoms. The highest BCUT2D eigenvalue weighted by molar-refractivity contribution is 7.11. The smallest absolute Gasteiger partial charge is 0.0302 e. The molecule has 0 aromatic carbocycles. The van der Waals surface area contributed by atoms with Gasteiger partial charge in [0.2, 0.25) is 0 Å². The highest BCUT2D eigenvalue weighted by atomic mass is 32.1. The van der Waals surface area contributed by atoms with E-state index in [-0.39, 0.29) is 0 Å². The lowest BCUT2D eigenvalue weighted by molar-refractivity contribution is 0.398. The molecule has 0 aliphatic carbocycles. The third kappa shape index (κ3) is 2.56. The van der Waals surface area contributed by atoms with Crippen molar-refractivity contribution < 1.29 is 0 Å². The minimum Gasteiger partial charge on any atom is -0.308 e. The Kier molecular flexibility index (Phi) is 3.21. The summed E-state index contributed by atoms with van der Waals surface area (Å²) in [5.74, 6) is 0. The Bertz CT molecular complexity index is 295. The zero-order valence-corrected chi connectivity index (χ0v) is 9.73. The van der Waals surface area contributed by atoms with E-state index in [1.165, 1.54) is 29.3 Å². The van der Waals surface area contributed by atoms with Crippen LogP contribution < -0.4 is 5.32 Å². The van der Waals surface area contributed by atoms with E-state index < -0.39 is 0 Å². The maximum absolute atomic E-state index is 3.61. The summed E-state index contributed by atoms with van der Waals surface area (Å²) in [5.41, 5.74) is 0. The molecule has 0 radical (unpaired) electrons. The summed E-state index contributed by atoms with van der Waals surface area (Å²) in [6.45, 7) is 5.64. The average Bonchev–Trinajstić information content (AvgIpc) is 2.72. The maximum atomic E-state index is 3.61. The molecular formula is C11H18N2S. The number of aryl methyl sites for hydroxylation is 1. The van der Waals surface area contributed by atoms with Crippen LogP contribution in [0.2, 0.25) is 0 Å². The van der Waals surface area contributed by atoms with Crippen LogP contribution >= 0.6 is 11.3 Å². The number of thiophene rings is 1. The summed E-state index contributed by atoms with van der Waals surface area (Å²) in [6, 6.07) is 5.12. The van der Waals surface area contributed by atoms with Crippen molar-refractivity contribution in [3.63, 3.8) is 0 Å². The number of nitrogens with zero attached hydrogens (tertiary/aromatic N) is 1. The maximum Gasteiger partial charge on any atom is 0.0302 e. The van der Waals surface area contributed by atoms with Crippen LogP contribution in [0.3, 0.4) is 0 Å². The second-order valence-electron chi connectivity index (χ2n) is 4.14. The number of rotatable bonds is 3. The Morgan fingerprint density at radius 2 is 2.43 bits per heavy atom. The molecule has 0 spiro atoms. The van der Waals surface area contributed by atoms with Gasteiger partial charge in [-0.3, -0.25) is 0 Å². The van der Waals surface area contributed by atoms with Gasteiger partial charge in [0.05, 0.1) is 0 Å². The van der Waals surface area contributed by atoms with Crippen LogP contribution in [0.25, 0.3) is 0 Å². The fraction of sp³-hybridized carbons (Fsp3) is 0.636. The lowest BCUT2D eigenvalue weighted by Crippen LogP contribution is -2.30. The Morgan fingerprint density at radius 3 is 3.00 bits per heavy atom. The molecule has 1 fully saturated rings. The van der Waals surface area contributed by atoms with Gasteiger partial charge in [0.25, 0.3) is 0 Å². The number of nitrogens with one attached hydrogen (secondary N) is 1. The fourth-order valence-electron chi connectivity index (χ4n) is 1.93. The van der Waals surface area contributed by atoms with Crippen molar-refractivity contribution in [1.82, 2.24) is 10.2 Å². The van der Waals surface area contributed by atoms with Crippen LogP contribution in [-0.4, -0.2) is 31.1 Å². The van der Waals surface area contributed by atoms with Crippen molar-refractivity contribution in [3.8, 4) is 0 Å². The highest BCUT2D eigenvalue weighted by Gasteiger charge is 2.18. The van der Waals surface area contributed by atoms with Gasteiger partial charge < -0.3 is 10.2 Å². The Hall–Kier alpha value is -0.380. The van der Waals surface area contributed by atoms with Crippen LogP contribution in [0.5, 0.6) is 0 Å². The number of hydrogen-bond donors (Lipinski definition) is 1. The minimum atomic E-state index is 0.697. The van der Waals surface area contributed by atoms with E-state index >= 15 is 0 Å². The lowest BCUT2D eigenvalue weighted by Gasteiger charge is -2.11. The van der Waals surface area contributed by atoms with Gasteiger partial charge >= 0.3 is 0 Å². The van der Waals surface area contributed by atoms with Crippen molar-refractivity contribution in [2.24, 2.45) is 0 Å². The van der Waals surface area contributed by atoms with E-state index in [0.29, 0.717) is 6.04 Å². The molecule has 1 atom stereocenters. The van der Waals surface area contributed by atoms with Crippen molar-refractivity contribution in [3.05, 3.63) is 21.9 Å². The van der Waals surface area contributed by atoms with Gasteiger partial charge in [0, 0.05) is 28.9 Å². The third-order valence-electron chi connectivity index (χ3n) is 2.75. The van der Waals surface area contributed by atoms with Crippen molar-refractivity contribution in [2.45, 2.75) is 25.9 Å². The van der Waals surface area contributed by atoms with Crippen molar-refractivity contribution in [1.29, 1.82) is 0 Å². The minimum absolute atomic E-state index is 0.697. The van der Waals surface area contributed by atoms with Crippen LogP contribution in [0.4, 0.5) is 0 Å². The van der Waals surface area contributed by atoms with E-state index in [1.807, 2.05) is 11.3 Å². The van der Waals surface area contributed by atoms with Gasteiger partial charge in [-0.2, -0.15) is 0 Å². The van der Waals surface area contributed by atoms with Gasteiger partial charge in [-0.05, 0) is 39.1 Å². The quantitative estimate of drug-likeness (QED) is 0.819. The molecule has 1 aromatic heterocycles. The molecule has 1 aliphatic heterocycles. The molecule has 78 valence electrons. The molecular weight excluding hydrogens is 192 g/mol. The molecule has 1 N–H and O–H groups in total. The second kappa shape index (κ2) is 4.43. The van der Waals surface area contributed by atoms with Crippen LogP contribution in [-0.2, 0) is 6.54 Å². The first-order chi connectivity index (χ1) is 6.74. The molecule has 2 heterocycles. The summed E-state index contributed by atoms with van der Waals surface area (Å²) < 4.78 is 0. The highest BCUT2D eigenvalue weighted by Crippen LogP contribution is 2.15. The second-order valence-corrected chi connectivity index (χ2v) is 5.51. The molecule has 2 nitrogen and oxygen atoms in total. The summed E-state index contributed by atoms with van der Waals surface area (Å²) >= 11 is 1.90. The number of likely N-dealkylation sites (tertiary alicyclic amines) is 1. The SMILES string of the molecule is Cc1ccc(CNC2CCN(C)C2)s1. The third-order valence-corrected chi connectivity index (χ3v) is 3.75. The van der Waals surface area contributed by atoms with Crippen LogP contribution in [0.1, 0.15) is 16.2 Å². The number of hydrogen-bond acceptors (Lipinski definition) is 3. The normalized spacial score (nSPS) is 23.1. The first-order valence-corrected chi connectivity index (χ1v) is 6.03. The van der Waals surface area contributed by atoms with Gasteiger partial charge in [0.15, 0.2) is 0 Å². The van der Waals surface area contributed by atoms with Gasteiger partial charge in [-0.25, -0.2) is 0 Å². The molecule has 2 rings (SSSR count). The zero-order valence-electron chi connectivity index (χ0n) is 8.92. The summed E-state index contributed by atoms with van der Waals surface area (Å²) in [4.78, 5) is 5.25. The summed E-state index contributed by atoms with van der Waals surface area (Å²) in [6.07, 6.45) is 1.29. The van der Waals surface area contributed by atoms with E-state index in [2.05, 4.69) is 36.3 Å². The first kappa shape index (κ1) is 10.1. The lowest BCUT2D eigenvalue weighted by atomic mass is 10.2. The van der Waals surface area contributed by atoms with Crippen molar-refractivity contribution in [2.75, 3.05) is 20.1 Å². The zero-order chi connectivity index (χ0) is 9.97. The molecule has 1 aromatic rings. The van der Waals surface area contributed by atoms with Gasteiger partial charge in [-0.1, -0.05) is 0 Å². The van der Waals surface area contributed by atoms with Crippen molar-refractivity contribution >= 4 is 11.3 Å².